The monoisotopic (exact) mass is 272 g/mol. The van der Waals surface area contributed by atoms with Crippen LogP contribution in [-0.2, 0) is 19.3 Å². The molecule has 0 radical (unpaired) electrons. The van der Waals surface area contributed by atoms with Crippen molar-refractivity contribution in [3.05, 3.63) is 34.9 Å². The van der Waals surface area contributed by atoms with Crippen LogP contribution < -0.4 is 0 Å². The second-order valence-corrected chi connectivity index (χ2v) is 7.73. The highest BCUT2D eigenvalue weighted by molar-refractivity contribution is 5.35. The van der Waals surface area contributed by atoms with E-state index in [2.05, 4.69) is 32.0 Å². The van der Waals surface area contributed by atoms with Crippen molar-refractivity contribution in [1.29, 1.82) is 0 Å². The van der Waals surface area contributed by atoms with E-state index in [9.17, 15) is 5.11 Å². The molecule has 2 aliphatic rings. The van der Waals surface area contributed by atoms with Gasteiger partial charge in [-0.05, 0) is 79.4 Å². The van der Waals surface area contributed by atoms with Crippen LogP contribution in [0, 0.1) is 11.3 Å². The molecule has 0 bridgehead atoms. The predicted molar refractivity (Wildman–Crippen MR) is 83.9 cm³/mol. The van der Waals surface area contributed by atoms with Crippen molar-refractivity contribution in [2.24, 2.45) is 11.3 Å². The van der Waals surface area contributed by atoms with Crippen molar-refractivity contribution in [2.75, 3.05) is 0 Å². The molecule has 1 N–H and O–H groups in total. The van der Waals surface area contributed by atoms with Crippen LogP contribution in [0.25, 0.3) is 0 Å². The number of aryl methyl sites for hydroxylation is 2. The summed E-state index contributed by atoms with van der Waals surface area (Å²) in [4.78, 5) is 0. The fourth-order valence-corrected chi connectivity index (χ4v) is 3.97. The highest BCUT2D eigenvalue weighted by Crippen LogP contribution is 2.39. The van der Waals surface area contributed by atoms with Gasteiger partial charge in [-0.15, -0.1) is 0 Å². The number of fused-ring (bicyclic) bond motifs is 1. The van der Waals surface area contributed by atoms with Crippen molar-refractivity contribution in [2.45, 2.75) is 71.3 Å². The average Bonchev–Trinajstić information content (AvgIpc) is 2.86. The van der Waals surface area contributed by atoms with Crippen molar-refractivity contribution >= 4 is 0 Å². The van der Waals surface area contributed by atoms with Gasteiger partial charge in [0, 0.05) is 0 Å². The van der Waals surface area contributed by atoms with Crippen molar-refractivity contribution in [3.8, 4) is 0 Å². The lowest BCUT2D eigenvalue weighted by Crippen LogP contribution is -2.30. The molecule has 0 spiro atoms. The van der Waals surface area contributed by atoms with Crippen LogP contribution >= 0.6 is 0 Å². The molecule has 2 aliphatic carbocycles. The molecular formula is C19H28O. The van der Waals surface area contributed by atoms with E-state index in [-0.39, 0.29) is 6.10 Å². The van der Waals surface area contributed by atoms with Crippen LogP contribution in [0.5, 0.6) is 0 Å². The molecule has 1 fully saturated rings. The Hall–Kier alpha value is -0.820. The first-order valence-corrected chi connectivity index (χ1v) is 8.32. The molecule has 110 valence electrons. The summed E-state index contributed by atoms with van der Waals surface area (Å²) in [5.74, 6) is 0.510. The lowest BCUT2D eigenvalue weighted by Gasteiger charge is -2.36. The summed E-state index contributed by atoms with van der Waals surface area (Å²) < 4.78 is 0. The number of hydrogen-bond donors (Lipinski definition) is 1. The van der Waals surface area contributed by atoms with Gasteiger partial charge in [0.15, 0.2) is 0 Å². The zero-order valence-electron chi connectivity index (χ0n) is 13.0. The molecule has 20 heavy (non-hydrogen) atoms. The first-order valence-electron chi connectivity index (χ1n) is 8.32. The lowest BCUT2D eigenvalue weighted by molar-refractivity contribution is 0.0576. The zero-order valence-corrected chi connectivity index (χ0v) is 13.0. The fraction of sp³-hybridized carbons (Fsp3) is 0.684. The van der Waals surface area contributed by atoms with Crippen molar-refractivity contribution < 1.29 is 5.11 Å². The van der Waals surface area contributed by atoms with Crippen LogP contribution in [0.2, 0.25) is 0 Å². The fourth-order valence-electron chi connectivity index (χ4n) is 3.97. The first-order chi connectivity index (χ1) is 9.53. The molecule has 0 amide bonds. The summed E-state index contributed by atoms with van der Waals surface area (Å²) in [6.07, 6.45) is 9.39. The molecule has 3 rings (SSSR count). The van der Waals surface area contributed by atoms with Crippen molar-refractivity contribution in [1.82, 2.24) is 0 Å². The smallest absolute Gasteiger partial charge is 0.0608 e. The highest BCUT2D eigenvalue weighted by atomic mass is 16.3. The van der Waals surface area contributed by atoms with Crippen LogP contribution in [0.1, 0.15) is 62.6 Å². The van der Waals surface area contributed by atoms with E-state index in [1.54, 1.807) is 0 Å². The van der Waals surface area contributed by atoms with Gasteiger partial charge < -0.3 is 5.11 Å². The van der Waals surface area contributed by atoms with E-state index in [1.807, 2.05) is 0 Å². The Morgan fingerprint density at radius 2 is 1.85 bits per heavy atom. The van der Waals surface area contributed by atoms with Crippen LogP contribution in [0.4, 0.5) is 0 Å². The van der Waals surface area contributed by atoms with Gasteiger partial charge in [-0.2, -0.15) is 0 Å². The average molecular weight is 272 g/mol. The molecule has 1 saturated carbocycles. The Bertz CT molecular complexity index is 465. The Morgan fingerprint density at radius 1 is 1.15 bits per heavy atom. The largest absolute Gasteiger partial charge is 0.392 e. The third-order valence-corrected chi connectivity index (χ3v) is 5.54. The lowest BCUT2D eigenvalue weighted by atomic mass is 9.71. The normalized spacial score (nSPS) is 23.6. The third kappa shape index (κ3) is 3.09. The molecule has 0 aliphatic heterocycles. The SMILES string of the molecule is CC1(C)CCC(C(O)Cc2ccc3c(c2)CCC3)CC1. The predicted octanol–water partition coefficient (Wildman–Crippen LogP) is 4.30. The molecule has 0 heterocycles. The van der Waals surface area contributed by atoms with Gasteiger partial charge in [0.1, 0.15) is 0 Å². The molecule has 1 heteroatoms. The van der Waals surface area contributed by atoms with Gasteiger partial charge in [0.05, 0.1) is 6.10 Å². The van der Waals surface area contributed by atoms with Crippen molar-refractivity contribution in [3.63, 3.8) is 0 Å². The van der Waals surface area contributed by atoms with Gasteiger partial charge in [-0.3, -0.25) is 0 Å². The third-order valence-electron chi connectivity index (χ3n) is 5.54. The maximum absolute atomic E-state index is 10.5. The van der Waals surface area contributed by atoms with Gasteiger partial charge >= 0.3 is 0 Å². The molecular weight excluding hydrogens is 244 g/mol. The Kier molecular flexibility index (Phi) is 3.90. The topological polar surface area (TPSA) is 20.2 Å². The summed E-state index contributed by atoms with van der Waals surface area (Å²) in [5, 5.41) is 10.5. The number of hydrogen-bond acceptors (Lipinski definition) is 1. The molecule has 1 aromatic rings. The molecule has 0 aromatic heterocycles. The molecule has 1 unspecified atom stereocenters. The van der Waals surface area contributed by atoms with E-state index >= 15 is 0 Å². The standard InChI is InChI=1S/C19H28O/c1-19(2)10-8-16(9-11-19)18(20)13-14-6-7-15-4-3-5-17(15)12-14/h6-7,12,16,18,20H,3-5,8-11,13H2,1-2H3. The zero-order chi connectivity index (χ0) is 14.2. The second-order valence-electron chi connectivity index (χ2n) is 7.73. The van der Waals surface area contributed by atoms with Crippen LogP contribution in [0.15, 0.2) is 18.2 Å². The summed E-state index contributed by atoms with van der Waals surface area (Å²) in [5.41, 5.74) is 4.88. The molecule has 1 nitrogen and oxygen atoms in total. The summed E-state index contributed by atoms with van der Waals surface area (Å²) in [7, 11) is 0. The van der Waals surface area contributed by atoms with Crippen LogP contribution in [0.3, 0.4) is 0 Å². The maximum Gasteiger partial charge on any atom is 0.0608 e. The number of benzene rings is 1. The van der Waals surface area contributed by atoms with E-state index in [4.69, 9.17) is 0 Å². The van der Waals surface area contributed by atoms with E-state index < -0.39 is 0 Å². The second kappa shape index (κ2) is 5.52. The first kappa shape index (κ1) is 14.1. The molecule has 1 aromatic carbocycles. The Balaban J connectivity index is 1.60. The minimum atomic E-state index is -0.148. The van der Waals surface area contributed by atoms with E-state index in [0.29, 0.717) is 11.3 Å². The number of rotatable bonds is 3. The Labute approximate surface area is 123 Å². The van der Waals surface area contributed by atoms with Crippen LogP contribution in [-0.4, -0.2) is 11.2 Å². The number of aliphatic hydroxyl groups is 1. The summed E-state index contributed by atoms with van der Waals surface area (Å²) >= 11 is 0. The van der Waals surface area contributed by atoms with Gasteiger partial charge in [0.25, 0.3) is 0 Å². The highest BCUT2D eigenvalue weighted by Gasteiger charge is 2.30. The Morgan fingerprint density at radius 3 is 2.60 bits per heavy atom. The summed E-state index contributed by atoms with van der Waals surface area (Å²) in [6.45, 7) is 4.71. The van der Waals surface area contributed by atoms with Gasteiger partial charge in [-0.25, -0.2) is 0 Å². The summed E-state index contributed by atoms with van der Waals surface area (Å²) in [6, 6.07) is 6.87. The minimum absolute atomic E-state index is 0.148. The quantitative estimate of drug-likeness (QED) is 0.870. The number of aliphatic hydroxyl groups excluding tert-OH is 1. The minimum Gasteiger partial charge on any atom is -0.392 e. The molecule has 1 atom stereocenters. The van der Waals surface area contributed by atoms with E-state index in [0.717, 1.165) is 6.42 Å². The van der Waals surface area contributed by atoms with Gasteiger partial charge in [0.2, 0.25) is 0 Å². The van der Waals surface area contributed by atoms with E-state index in [1.165, 1.54) is 61.6 Å². The maximum atomic E-state index is 10.5. The molecule has 0 saturated heterocycles. The van der Waals surface area contributed by atoms with Gasteiger partial charge in [-0.1, -0.05) is 32.0 Å².